The Morgan fingerprint density at radius 2 is 1.79 bits per heavy atom. The highest BCUT2D eigenvalue weighted by molar-refractivity contribution is 5.97. The SMILES string of the molecule is CC(C)(C)C1CN(C(=O)c2ccccc2-n2nccn2)C[C@@H]2[C@@H]1CCN2C(=O)O. The molecule has 1 aromatic heterocycles. The number of hydrogen-bond acceptors (Lipinski definition) is 4. The monoisotopic (exact) mass is 397 g/mol. The maximum atomic E-state index is 13.5. The first-order chi connectivity index (χ1) is 13.8. The molecule has 8 heteroatoms. The summed E-state index contributed by atoms with van der Waals surface area (Å²) in [6.07, 6.45) is 3.10. The summed E-state index contributed by atoms with van der Waals surface area (Å²) >= 11 is 0. The standard InChI is InChI=1S/C21H27N5O3/c1-21(2,3)16-12-24(13-18-14(16)8-11-25(18)20(28)29)19(27)15-6-4-5-7-17(15)26-22-9-10-23-26/h4-7,9-10,14,16,18H,8,11-13H2,1-3H3,(H,28,29)/t14-,16?,18-/m1/s1. The fourth-order valence-electron chi connectivity index (χ4n) is 4.91. The summed E-state index contributed by atoms with van der Waals surface area (Å²) in [6, 6.07) is 7.11. The lowest BCUT2D eigenvalue weighted by molar-refractivity contribution is 0.0133. The van der Waals surface area contributed by atoms with Gasteiger partial charge in [0.15, 0.2) is 0 Å². The van der Waals surface area contributed by atoms with Gasteiger partial charge in [-0.05, 0) is 35.8 Å². The predicted octanol–water partition coefficient (Wildman–Crippen LogP) is 2.75. The lowest BCUT2D eigenvalue weighted by Crippen LogP contribution is -2.57. The summed E-state index contributed by atoms with van der Waals surface area (Å²) in [7, 11) is 0. The number of aromatic nitrogens is 3. The Morgan fingerprint density at radius 1 is 1.10 bits per heavy atom. The van der Waals surface area contributed by atoms with E-state index in [4.69, 9.17) is 0 Å². The molecule has 2 aliphatic heterocycles. The number of nitrogens with zero attached hydrogens (tertiary/aromatic N) is 5. The van der Waals surface area contributed by atoms with Gasteiger partial charge in [0.05, 0.1) is 29.7 Å². The minimum Gasteiger partial charge on any atom is -0.465 e. The first kappa shape index (κ1) is 19.4. The third-order valence-electron chi connectivity index (χ3n) is 6.35. The first-order valence-corrected chi connectivity index (χ1v) is 10.0. The van der Waals surface area contributed by atoms with Crippen LogP contribution in [0.25, 0.3) is 5.69 Å². The van der Waals surface area contributed by atoms with Gasteiger partial charge in [-0.1, -0.05) is 32.9 Å². The molecular formula is C21H27N5O3. The van der Waals surface area contributed by atoms with Crippen molar-refractivity contribution in [1.82, 2.24) is 24.8 Å². The van der Waals surface area contributed by atoms with E-state index in [0.717, 1.165) is 6.42 Å². The van der Waals surface area contributed by atoms with Crippen LogP contribution in [-0.2, 0) is 0 Å². The molecule has 2 saturated heterocycles. The van der Waals surface area contributed by atoms with Crippen LogP contribution in [0.4, 0.5) is 4.79 Å². The summed E-state index contributed by atoms with van der Waals surface area (Å²) in [5.41, 5.74) is 1.12. The Bertz CT molecular complexity index is 905. The molecular weight excluding hydrogens is 370 g/mol. The third kappa shape index (κ3) is 3.47. The number of likely N-dealkylation sites (tertiary alicyclic amines) is 2. The van der Waals surface area contributed by atoms with Crippen LogP contribution in [0.1, 0.15) is 37.6 Å². The topological polar surface area (TPSA) is 91.6 Å². The van der Waals surface area contributed by atoms with Crippen LogP contribution in [-0.4, -0.2) is 67.6 Å². The zero-order chi connectivity index (χ0) is 20.8. The third-order valence-corrected chi connectivity index (χ3v) is 6.35. The van der Waals surface area contributed by atoms with E-state index < -0.39 is 6.09 Å². The second-order valence-corrected chi connectivity index (χ2v) is 9.01. The average molecular weight is 397 g/mol. The first-order valence-electron chi connectivity index (χ1n) is 10.0. The Morgan fingerprint density at radius 3 is 2.45 bits per heavy atom. The van der Waals surface area contributed by atoms with Crippen LogP contribution < -0.4 is 0 Å². The highest BCUT2D eigenvalue weighted by Crippen LogP contribution is 2.44. The van der Waals surface area contributed by atoms with Gasteiger partial charge in [-0.3, -0.25) is 4.79 Å². The summed E-state index contributed by atoms with van der Waals surface area (Å²) in [5, 5.41) is 18.0. The number of piperidine rings is 1. The zero-order valence-corrected chi connectivity index (χ0v) is 17.0. The van der Waals surface area contributed by atoms with Gasteiger partial charge in [-0.2, -0.15) is 15.0 Å². The summed E-state index contributed by atoms with van der Waals surface area (Å²) in [4.78, 5) is 30.1. The normalized spacial score (nSPS) is 24.4. The number of carbonyl (C=O) groups excluding carboxylic acids is 1. The molecule has 29 heavy (non-hydrogen) atoms. The van der Waals surface area contributed by atoms with Crippen LogP contribution in [0.15, 0.2) is 36.7 Å². The minimum absolute atomic E-state index is 0.0283. The molecule has 1 N–H and O–H groups in total. The van der Waals surface area contributed by atoms with Crippen molar-refractivity contribution in [3.63, 3.8) is 0 Å². The maximum absolute atomic E-state index is 13.5. The number of fused-ring (bicyclic) bond motifs is 1. The maximum Gasteiger partial charge on any atom is 0.407 e. The summed E-state index contributed by atoms with van der Waals surface area (Å²) in [6.45, 7) is 8.10. The molecule has 0 aliphatic carbocycles. The molecule has 0 bridgehead atoms. The van der Waals surface area contributed by atoms with Gasteiger partial charge in [0.1, 0.15) is 0 Å². The van der Waals surface area contributed by atoms with Crippen molar-refractivity contribution in [3.05, 3.63) is 42.2 Å². The fourth-order valence-corrected chi connectivity index (χ4v) is 4.91. The van der Waals surface area contributed by atoms with E-state index in [1.807, 2.05) is 23.1 Å². The smallest absolute Gasteiger partial charge is 0.407 e. The van der Waals surface area contributed by atoms with E-state index in [9.17, 15) is 14.7 Å². The molecule has 3 atom stereocenters. The van der Waals surface area contributed by atoms with E-state index in [1.54, 1.807) is 18.5 Å². The van der Waals surface area contributed by atoms with Crippen molar-refractivity contribution in [2.24, 2.45) is 17.3 Å². The van der Waals surface area contributed by atoms with Crippen LogP contribution in [0.2, 0.25) is 0 Å². The van der Waals surface area contributed by atoms with E-state index in [-0.39, 0.29) is 29.2 Å². The van der Waals surface area contributed by atoms with Gasteiger partial charge in [0.2, 0.25) is 0 Å². The van der Waals surface area contributed by atoms with Gasteiger partial charge in [0.25, 0.3) is 5.91 Å². The quantitative estimate of drug-likeness (QED) is 0.841. The molecule has 8 nitrogen and oxygen atoms in total. The van der Waals surface area contributed by atoms with Crippen LogP contribution in [0.5, 0.6) is 0 Å². The van der Waals surface area contributed by atoms with E-state index in [1.165, 1.54) is 9.70 Å². The van der Waals surface area contributed by atoms with Gasteiger partial charge in [-0.15, -0.1) is 0 Å². The van der Waals surface area contributed by atoms with E-state index >= 15 is 0 Å². The van der Waals surface area contributed by atoms with Gasteiger partial charge in [-0.25, -0.2) is 4.79 Å². The lowest BCUT2D eigenvalue weighted by Gasteiger charge is -2.47. The van der Waals surface area contributed by atoms with Crippen LogP contribution >= 0.6 is 0 Å². The number of para-hydroxylation sites is 1. The molecule has 0 spiro atoms. The number of hydrogen-bond donors (Lipinski definition) is 1. The highest BCUT2D eigenvalue weighted by Gasteiger charge is 2.50. The van der Waals surface area contributed by atoms with Crippen molar-refractivity contribution in [2.75, 3.05) is 19.6 Å². The molecule has 4 rings (SSSR count). The Labute approximate surface area is 170 Å². The molecule has 154 valence electrons. The summed E-state index contributed by atoms with van der Waals surface area (Å²) < 4.78 is 0. The minimum atomic E-state index is -0.902. The Balaban J connectivity index is 1.68. The van der Waals surface area contributed by atoms with Crippen molar-refractivity contribution in [1.29, 1.82) is 0 Å². The Hall–Kier alpha value is -2.90. The van der Waals surface area contributed by atoms with Crippen molar-refractivity contribution in [2.45, 2.75) is 33.2 Å². The van der Waals surface area contributed by atoms with Crippen molar-refractivity contribution >= 4 is 12.0 Å². The lowest BCUT2D eigenvalue weighted by atomic mass is 9.68. The average Bonchev–Trinajstić information content (AvgIpc) is 3.35. The number of amides is 2. The number of carbonyl (C=O) groups is 2. The molecule has 2 fully saturated rings. The molecule has 0 saturated carbocycles. The molecule has 0 radical (unpaired) electrons. The highest BCUT2D eigenvalue weighted by atomic mass is 16.4. The van der Waals surface area contributed by atoms with E-state index in [2.05, 4.69) is 31.0 Å². The second kappa shape index (κ2) is 7.17. The van der Waals surface area contributed by atoms with Gasteiger partial charge >= 0.3 is 6.09 Å². The van der Waals surface area contributed by atoms with Crippen LogP contribution in [0, 0.1) is 17.3 Å². The van der Waals surface area contributed by atoms with E-state index in [0.29, 0.717) is 30.9 Å². The van der Waals surface area contributed by atoms with Crippen LogP contribution in [0.3, 0.4) is 0 Å². The number of carboxylic acid groups (broad SMARTS) is 1. The Kier molecular flexibility index (Phi) is 4.80. The molecule has 2 aliphatic rings. The van der Waals surface area contributed by atoms with Crippen molar-refractivity contribution in [3.8, 4) is 5.69 Å². The van der Waals surface area contributed by atoms with Gasteiger partial charge < -0.3 is 14.9 Å². The fraction of sp³-hybridized carbons (Fsp3) is 0.524. The molecule has 1 aromatic carbocycles. The number of benzene rings is 1. The molecule has 3 heterocycles. The molecule has 2 aromatic rings. The molecule has 1 unspecified atom stereocenters. The van der Waals surface area contributed by atoms with Gasteiger partial charge in [0, 0.05) is 19.6 Å². The molecule has 2 amide bonds. The number of rotatable bonds is 2. The second-order valence-electron chi connectivity index (χ2n) is 9.01. The largest absolute Gasteiger partial charge is 0.465 e. The zero-order valence-electron chi connectivity index (χ0n) is 17.0. The summed E-state index contributed by atoms with van der Waals surface area (Å²) in [5.74, 6) is 0.394. The van der Waals surface area contributed by atoms with Crippen molar-refractivity contribution < 1.29 is 14.7 Å². The predicted molar refractivity (Wildman–Crippen MR) is 107 cm³/mol.